The summed E-state index contributed by atoms with van der Waals surface area (Å²) in [4.78, 5) is 25.1. The molecule has 0 radical (unpaired) electrons. The largest absolute Gasteiger partial charge is 0.481 e. The molecular formula is C16H21NO3. The zero-order valence-electron chi connectivity index (χ0n) is 12.0. The molecule has 0 aromatic heterocycles. The highest BCUT2D eigenvalue weighted by molar-refractivity contribution is 5.86. The smallest absolute Gasteiger partial charge is 0.310 e. The minimum absolute atomic E-state index is 0.0584. The Bertz CT molecular complexity index is 480. The summed E-state index contributed by atoms with van der Waals surface area (Å²) in [6, 6.07) is 9.76. The Morgan fingerprint density at radius 3 is 2.40 bits per heavy atom. The molecule has 0 spiro atoms. The maximum absolute atomic E-state index is 12.6. The lowest BCUT2D eigenvalue weighted by molar-refractivity contribution is -0.153. The highest BCUT2D eigenvalue weighted by Crippen LogP contribution is 2.31. The van der Waals surface area contributed by atoms with E-state index in [1.54, 1.807) is 4.90 Å². The monoisotopic (exact) mass is 275 g/mol. The van der Waals surface area contributed by atoms with Crippen molar-refractivity contribution in [2.75, 3.05) is 13.1 Å². The molecule has 20 heavy (non-hydrogen) atoms. The second-order valence-electron chi connectivity index (χ2n) is 5.55. The maximum Gasteiger partial charge on any atom is 0.310 e. The number of benzene rings is 1. The van der Waals surface area contributed by atoms with Crippen molar-refractivity contribution in [1.82, 2.24) is 4.90 Å². The fourth-order valence-electron chi connectivity index (χ4n) is 2.62. The summed E-state index contributed by atoms with van der Waals surface area (Å²) < 4.78 is 0. The molecule has 2 atom stereocenters. The number of amides is 1. The van der Waals surface area contributed by atoms with Crippen LogP contribution in [0.5, 0.6) is 0 Å². The average molecular weight is 275 g/mol. The Morgan fingerprint density at radius 1 is 1.30 bits per heavy atom. The third-order valence-corrected chi connectivity index (χ3v) is 4.18. The number of carboxylic acids is 1. The summed E-state index contributed by atoms with van der Waals surface area (Å²) in [6.45, 7) is 4.83. The first-order valence-corrected chi connectivity index (χ1v) is 7.11. The fourth-order valence-corrected chi connectivity index (χ4v) is 2.62. The van der Waals surface area contributed by atoms with E-state index in [9.17, 15) is 9.59 Å². The van der Waals surface area contributed by atoms with Gasteiger partial charge in [0, 0.05) is 13.1 Å². The van der Waals surface area contributed by atoms with E-state index in [-0.39, 0.29) is 17.7 Å². The number of carbonyl (C=O) groups excluding carboxylic acids is 1. The van der Waals surface area contributed by atoms with E-state index in [4.69, 9.17) is 5.11 Å². The van der Waals surface area contributed by atoms with Crippen LogP contribution in [0, 0.1) is 11.8 Å². The molecule has 4 nitrogen and oxygen atoms in total. The van der Waals surface area contributed by atoms with Crippen LogP contribution in [0.3, 0.4) is 0 Å². The molecule has 4 heteroatoms. The van der Waals surface area contributed by atoms with Crippen molar-refractivity contribution in [1.29, 1.82) is 0 Å². The Morgan fingerprint density at radius 2 is 1.90 bits per heavy atom. The van der Waals surface area contributed by atoms with Gasteiger partial charge < -0.3 is 10.0 Å². The van der Waals surface area contributed by atoms with Crippen molar-refractivity contribution in [3.05, 3.63) is 35.9 Å². The first kappa shape index (κ1) is 14.6. The third-order valence-electron chi connectivity index (χ3n) is 4.18. The van der Waals surface area contributed by atoms with Crippen LogP contribution in [-0.4, -0.2) is 35.0 Å². The molecule has 1 aliphatic heterocycles. The molecule has 108 valence electrons. The number of aliphatic carboxylic acids is 1. The fraction of sp³-hybridized carbons (Fsp3) is 0.500. The molecule has 1 N–H and O–H groups in total. The quantitative estimate of drug-likeness (QED) is 0.897. The van der Waals surface area contributed by atoms with Crippen LogP contribution in [0.2, 0.25) is 0 Å². The van der Waals surface area contributed by atoms with Gasteiger partial charge in [-0.1, -0.05) is 50.6 Å². The van der Waals surface area contributed by atoms with Crippen molar-refractivity contribution in [2.24, 2.45) is 11.8 Å². The van der Waals surface area contributed by atoms with Crippen LogP contribution >= 0.6 is 0 Å². The Kier molecular flexibility index (Phi) is 4.42. The first-order chi connectivity index (χ1) is 9.54. The molecular weight excluding hydrogens is 254 g/mol. The summed E-state index contributed by atoms with van der Waals surface area (Å²) in [5.41, 5.74) is 1.02. The van der Waals surface area contributed by atoms with E-state index in [2.05, 4.69) is 13.8 Å². The normalized spacial score (nSPS) is 18.2. The van der Waals surface area contributed by atoms with Crippen molar-refractivity contribution in [2.45, 2.75) is 26.2 Å². The van der Waals surface area contributed by atoms with E-state index in [1.165, 1.54) is 0 Å². The van der Waals surface area contributed by atoms with Gasteiger partial charge in [0.15, 0.2) is 0 Å². The van der Waals surface area contributed by atoms with Crippen LogP contribution in [-0.2, 0) is 9.59 Å². The van der Waals surface area contributed by atoms with Gasteiger partial charge in [0.25, 0.3) is 0 Å². The Balaban J connectivity index is 2.12. The number of nitrogens with zero attached hydrogens (tertiary/aromatic N) is 1. The molecule has 2 unspecified atom stereocenters. The highest BCUT2D eigenvalue weighted by Gasteiger charge is 2.39. The predicted octanol–water partition coefficient (Wildman–Crippen LogP) is 2.36. The minimum Gasteiger partial charge on any atom is -0.481 e. The number of rotatable bonds is 5. The second kappa shape index (κ2) is 6.07. The van der Waals surface area contributed by atoms with Crippen LogP contribution in [0.4, 0.5) is 0 Å². The zero-order valence-corrected chi connectivity index (χ0v) is 12.0. The van der Waals surface area contributed by atoms with E-state index in [0.29, 0.717) is 13.1 Å². The summed E-state index contributed by atoms with van der Waals surface area (Å²) in [5.74, 6) is -1.08. The van der Waals surface area contributed by atoms with Gasteiger partial charge in [-0.05, 0) is 11.5 Å². The molecule has 0 aliphatic carbocycles. The number of hydrogen-bond donors (Lipinski definition) is 1. The van der Waals surface area contributed by atoms with Gasteiger partial charge in [0.1, 0.15) is 0 Å². The molecule has 2 rings (SSSR count). The lowest BCUT2D eigenvalue weighted by Crippen LogP contribution is -2.54. The second-order valence-corrected chi connectivity index (χ2v) is 5.55. The summed E-state index contributed by atoms with van der Waals surface area (Å²) in [5, 5.41) is 8.91. The van der Waals surface area contributed by atoms with Crippen molar-refractivity contribution in [3.8, 4) is 0 Å². The minimum atomic E-state index is -0.811. The van der Waals surface area contributed by atoms with Crippen molar-refractivity contribution in [3.63, 3.8) is 0 Å². The predicted molar refractivity (Wildman–Crippen MR) is 76.3 cm³/mol. The molecule has 1 aromatic rings. The molecule has 0 bridgehead atoms. The van der Waals surface area contributed by atoms with E-state index in [0.717, 1.165) is 12.0 Å². The van der Waals surface area contributed by atoms with Crippen LogP contribution < -0.4 is 0 Å². The van der Waals surface area contributed by atoms with E-state index >= 15 is 0 Å². The molecule has 1 aromatic carbocycles. The van der Waals surface area contributed by atoms with Gasteiger partial charge >= 0.3 is 5.97 Å². The Labute approximate surface area is 119 Å². The zero-order chi connectivity index (χ0) is 14.7. The van der Waals surface area contributed by atoms with Crippen molar-refractivity contribution < 1.29 is 14.7 Å². The molecule has 1 fully saturated rings. The Hall–Kier alpha value is -1.84. The summed E-state index contributed by atoms with van der Waals surface area (Å²) in [7, 11) is 0. The van der Waals surface area contributed by atoms with Gasteiger partial charge in [-0.25, -0.2) is 0 Å². The number of hydrogen-bond acceptors (Lipinski definition) is 2. The van der Waals surface area contributed by atoms with Crippen LogP contribution in [0.1, 0.15) is 31.7 Å². The lowest BCUT2D eigenvalue weighted by Gasteiger charge is -2.40. The number of carboxylic acid groups (broad SMARTS) is 1. The van der Waals surface area contributed by atoms with Gasteiger partial charge in [-0.3, -0.25) is 9.59 Å². The molecule has 0 saturated carbocycles. The van der Waals surface area contributed by atoms with Crippen LogP contribution in [0.15, 0.2) is 30.3 Å². The molecule has 1 amide bonds. The van der Waals surface area contributed by atoms with Gasteiger partial charge in [-0.2, -0.15) is 0 Å². The number of likely N-dealkylation sites (tertiary alicyclic amines) is 1. The third kappa shape index (κ3) is 2.84. The van der Waals surface area contributed by atoms with Crippen LogP contribution in [0.25, 0.3) is 0 Å². The average Bonchev–Trinajstić information content (AvgIpc) is 2.37. The molecule has 1 heterocycles. The summed E-state index contributed by atoms with van der Waals surface area (Å²) >= 11 is 0. The highest BCUT2D eigenvalue weighted by atomic mass is 16.4. The molecule has 1 saturated heterocycles. The SMILES string of the molecule is CCC(C)C(C(=O)N1CC(C(=O)O)C1)c1ccccc1. The maximum atomic E-state index is 12.6. The summed E-state index contributed by atoms with van der Waals surface area (Å²) in [6.07, 6.45) is 0.918. The first-order valence-electron chi connectivity index (χ1n) is 7.11. The molecule has 1 aliphatic rings. The van der Waals surface area contributed by atoms with Gasteiger partial charge in [-0.15, -0.1) is 0 Å². The van der Waals surface area contributed by atoms with Crippen molar-refractivity contribution >= 4 is 11.9 Å². The standard InChI is InChI=1S/C16H21NO3/c1-3-11(2)14(12-7-5-4-6-8-12)15(18)17-9-13(10-17)16(19)20/h4-8,11,13-14H,3,9-10H2,1-2H3,(H,19,20). The number of carbonyl (C=O) groups is 2. The lowest BCUT2D eigenvalue weighted by atomic mass is 9.83. The van der Waals surface area contributed by atoms with Gasteiger partial charge in [0.05, 0.1) is 11.8 Å². The van der Waals surface area contributed by atoms with Gasteiger partial charge in [0.2, 0.25) is 5.91 Å². The topological polar surface area (TPSA) is 57.6 Å². The van der Waals surface area contributed by atoms with E-state index < -0.39 is 11.9 Å². The van der Waals surface area contributed by atoms with E-state index in [1.807, 2.05) is 30.3 Å².